The second kappa shape index (κ2) is 8.33. The number of benzene rings is 1. The minimum atomic E-state index is -4.51. The van der Waals surface area contributed by atoms with Gasteiger partial charge in [-0.05, 0) is 43.4 Å². The molecule has 0 fully saturated rings. The predicted octanol–water partition coefficient (Wildman–Crippen LogP) is 5.50. The van der Waals surface area contributed by atoms with E-state index in [1.54, 1.807) is 24.3 Å². The number of nitrogens with one attached hydrogen (secondary N) is 2. The Bertz CT molecular complexity index is 959. The van der Waals surface area contributed by atoms with Crippen molar-refractivity contribution in [1.29, 1.82) is 0 Å². The zero-order valence-corrected chi connectivity index (χ0v) is 19.3. The first-order valence-corrected chi connectivity index (χ1v) is 10.6. The highest BCUT2D eigenvalue weighted by Gasteiger charge is 2.47. The Balaban J connectivity index is 1.88. The molecule has 0 spiro atoms. The van der Waals surface area contributed by atoms with Crippen LogP contribution in [0.25, 0.3) is 0 Å². The summed E-state index contributed by atoms with van der Waals surface area (Å²) in [5.41, 5.74) is 0.0876. The van der Waals surface area contributed by atoms with Crippen LogP contribution in [0, 0.1) is 5.41 Å². The lowest BCUT2D eigenvalue weighted by Gasteiger charge is -2.33. The second-order valence-corrected chi connectivity index (χ2v) is 10.2. The fourth-order valence-corrected chi connectivity index (χ4v) is 4.48. The number of rotatable bonds is 5. The van der Waals surface area contributed by atoms with Crippen molar-refractivity contribution in [3.05, 3.63) is 41.6 Å². The third-order valence-electron chi connectivity index (χ3n) is 5.36. The molecule has 0 unspecified atom stereocenters. The van der Waals surface area contributed by atoms with Crippen LogP contribution >= 0.6 is 0 Å². The number of nitrogens with zero attached hydrogens (tertiary/aromatic N) is 2. The molecule has 1 amide bonds. The molecule has 2 atom stereocenters. The van der Waals surface area contributed by atoms with Gasteiger partial charge in [0.2, 0.25) is 0 Å². The monoisotopic (exact) mass is 452 g/mol. The van der Waals surface area contributed by atoms with Crippen LogP contribution in [0.2, 0.25) is 0 Å². The first-order chi connectivity index (χ1) is 14.7. The number of alkyl halides is 3. The molecular formula is C23H31F3N4O2. The molecule has 0 bridgehead atoms. The van der Waals surface area contributed by atoms with Gasteiger partial charge in [-0.1, -0.05) is 32.9 Å². The van der Waals surface area contributed by atoms with E-state index in [-0.39, 0.29) is 23.3 Å². The number of halogens is 3. The van der Waals surface area contributed by atoms with E-state index in [0.29, 0.717) is 17.7 Å². The van der Waals surface area contributed by atoms with E-state index in [1.807, 2.05) is 13.8 Å². The quantitative estimate of drug-likeness (QED) is 0.629. The number of ether oxygens (including phenoxy) is 1. The number of carbonyl (C=O) groups is 1. The Kier molecular flexibility index (Phi) is 6.23. The molecule has 1 aliphatic heterocycles. The third kappa shape index (κ3) is 5.55. The molecule has 0 saturated heterocycles. The van der Waals surface area contributed by atoms with Gasteiger partial charge in [-0.15, -0.1) is 0 Å². The van der Waals surface area contributed by atoms with Crippen molar-refractivity contribution < 1.29 is 22.7 Å². The van der Waals surface area contributed by atoms with Crippen molar-refractivity contribution in [3.8, 4) is 5.75 Å². The highest BCUT2D eigenvalue weighted by Crippen LogP contribution is 2.43. The molecule has 2 heterocycles. The lowest BCUT2D eigenvalue weighted by Crippen LogP contribution is -2.46. The summed E-state index contributed by atoms with van der Waals surface area (Å²) in [5, 5.41) is 10.1. The van der Waals surface area contributed by atoms with Gasteiger partial charge in [0.15, 0.2) is 11.7 Å². The van der Waals surface area contributed by atoms with E-state index in [0.717, 1.165) is 4.68 Å². The molecule has 9 heteroatoms. The molecule has 32 heavy (non-hydrogen) atoms. The highest BCUT2D eigenvalue weighted by atomic mass is 19.4. The van der Waals surface area contributed by atoms with Gasteiger partial charge in [-0.25, -0.2) is 4.68 Å². The summed E-state index contributed by atoms with van der Waals surface area (Å²) in [5.74, 6) is 0.293. The van der Waals surface area contributed by atoms with Crippen LogP contribution in [0.15, 0.2) is 30.3 Å². The molecule has 176 valence electrons. The maximum absolute atomic E-state index is 13.9. The first-order valence-electron chi connectivity index (χ1n) is 10.6. The largest absolute Gasteiger partial charge is 0.497 e. The Morgan fingerprint density at radius 3 is 2.34 bits per heavy atom. The number of fused-ring (bicyclic) bond motifs is 1. The van der Waals surface area contributed by atoms with Crippen molar-refractivity contribution in [2.24, 2.45) is 5.41 Å². The molecule has 0 saturated carbocycles. The smallest absolute Gasteiger partial charge is 0.410 e. The molecule has 1 aromatic heterocycles. The van der Waals surface area contributed by atoms with Gasteiger partial charge in [0, 0.05) is 18.0 Å². The number of anilines is 1. The van der Waals surface area contributed by atoms with Crippen molar-refractivity contribution in [1.82, 2.24) is 15.1 Å². The topological polar surface area (TPSA) is 68.2 Å². The average molecular weight is 453 g/mol. The van der Waals surface area contributed by atoms with Crippen molar-refractivity contribution in [2.45, 2.75) is 71.3 Å². The molecule has 6 nitrogen and oxygen atoms in total. The van der Waals surface area contributed by atoms with Gasteiger partial charge in [0.25, 0.3) is 5.91 Å². The van der Waals surface area contributed by atoms with Crippen LogP contribution in [0.1, 0.15) is 75.6 Å². The van der Waals surface area contributed by atoms with E-state index >= 15 is 0 Å². The minimum absolute atomic E-state index is 0.0290. The van der Waals surface area contributed by atoms with E-state index in [9.17, 15) is 18.0 Å². The Morgan fingerprint density at radius 1 is 1.19 bits per heavy atom. The maximum atomic E-state index is 13.9. The van der Waals surface area contributed by atoms with Gasteiger partial charge >= 0.3 is 6.18 Å². The van der Waals surface area contributed by atoms with E-state index in [4.69, 9.17) is 4.74 Å². The number of amides is 1. The molecule has 0 radical (unpaired) electrons. The summed E-state index contributed by atoms with van der Waals surface area (Å²) in [4.78, 5) is 12.8. The Morgan fingerprint density at radius 2 is 1.81 bits per heavy atom. The fourth-order valence-electron chi connectivity index (χ4n) is 4.48. The van der Waals surface area contributed by atoms with Gasteiger partial charge in [0.05, 0.1) is 13.2 Å². The summed E-state index contributed by atoms with van der Waals surface area (Å²) >= 11 is 0. The second-order valence-electron chi connectivity index (χ2n) is 10.2. The van der Waals surface area contributed by atoms with E-state index in [2.05, 4.69) is 36.5 Å². The van der Waals surface area contributed by atoms with Gasteiger partial charge in [0.1, 0.15) is 11.6 Å². The Hall–Kier alpha value is -2.71. The molecule has 2 N–H and O–H groups in total. The number of hydrogen-bond acceptors (Lipinski definition) is 4. The highest BCUT2D eigenvalue weighted by molar-refractivity contribution is 5.93. The van der Waals surface area contributed by atoms with Gasteiger partial charge < -0.3 is 15.4 Å². The zero-order chi connectivity index (χ0) is 23.9. The number of carbonyl (C=O) groups excluding carboxylic acids is 1. The standard InChI is InChI=1S/C23H31F3N4O2/c1-21(2,3)13-22(4,5)28-20(31)17-12-19-27-16(14-7-9-15(32-6)10-8-14)11-18(23(24,25)26)30(19)29-17/h7-10,12,16,18,27H,11,13H2,1-6H3,(H,28,31)/t16-,18-/m0/s1. The predicted molar refractivity (Wildman–Crippen MR) is 117 cm³/mol. The van der Waals surface area contributed by atoms with Crippen LogP contribution in [-0.2, 0) is 0 Å². The third-order valence-corrected chi connectivity index (χ3v) is 5.36. The molecule has 1 aliphatic rings. The van der Waals surface area contributed by atoms with Crippen LogP contribution < -0.4 is 15.4 Å². The van der Waals surface area contributed by atoms with E-state index < -0.39 is 29.7 Å². The molecular weight excluding hydrogens is 421 g/mol. The van der Waals surface area contributed by atoms with Crippen LogP contribution in [0.3, 0.4) is 0 Å². The Labute approximate surface area is 186 Å². The zero-order valence-electron chi connectivity index (χ0n) is 19.3. The van der Waals surface area contributed by atoms with Crippen molar-refractivity contribution >= 4 is 11.7 Å². The fraction of sp³-hybridized carbons (Fsp3) is 0.565. The average Bonchev–Trinajstić information content (AvgIpc) is 3.08. The molecule has 1 aromatic carbocycles. The first kappa shape index (κ1) is 23.9. The van der Waals surface area contributed by atoms with Crippen LogP contribution in [0.5, 0.6) is 5.75 Å². The summed E-state index contributed by atoms with van der Waals surface area (Å²) < 4.78 is 47.7. The molecule has 2 aromatic rings. The summed E-state index contributed by atoms with van der Waals surface area (Å²) in [7, 11) is 1.53. The molecule has 3 rings (SSSR count). The maximum Gasteiger partial charge on any atom is 0.410 e. The lowest BCUT2D eigenvalue weighted by atomic mass is 9.82. The number of methoxy groups -OCH3 is 1. The summed E-state index contributed by atoms with van der Waals surface area (Å²) in [6, 6.07) is 5.86. The van der Waals surface area contributed by atoms with E-state index in [1.165, 1.54) is 13.2 Å². The number of hydrogen-bond donors (Lipinski definition) is 2. The van der Waals surface area contributed by atoms with Gasteiger partial charge in [-0.2, -0.15) is 18.3 Å². The summed E-state index contributed by atoms with van der Waals surface area (Å²) in [6.45, 7) is 9.97. The van der Waals surface area contributed by atoms with Crippen molar-refractivity contribution in [3.63, 3.8) is 0 Å². The SMILES string of the molecule is COc1ccc([C@@H]2C[C@@H](C(F)(F)F)n3nc(C(=O)NC(C)(C)CC(C)(C)C)cc3N2)cc1. The normalized spacial score (nSPS) is 19.2. The van der Waals surface area contributed by atoms with Crippen LogP contribution in [0.4, 0.5) is 19.0 Å². The molecule has 0 aliphatic carbocycles. The van der Waals surface area contributed by atoms with Crippen LogP contribution in [-0.4, -0.2) is 34.5 Å². The van der Waals surface area contributed by atoms with Crippen molar-refractivity contribution in [2.75, 3.05) is 12.4 Å². The van der Waals surface area contributed by atoms with Gasteiger partial charge in [-0.3, -0.25) is 4.79 Å². The minimum Gasteiger partial charge on any atom is -0.497 e. The summed E-state index contributed by atoms with van der Waals surface area (Å²) in [6.07, 6.45) is -4.05. The number of aromatic nitrogens is 2. The lowest BCUT2D eigenvalue weighted by molar-refractivity contribution is -0.173.